The van der Waals surface area contributed by atoms with Crippen LogP contribution in [0.5, 0.6) is 0 Å². The summed E-state index contributed by atoms with van der Waals surface area (Å²) in [4.78, 5) is 14.0. The Hall–Kier alpha value is -3.57. The second-order valence-corrected chi connectivity index (χ2v) is 8.03. The van der Waals surface area contributed by atoms with Gasteiger partial charge in [0.25, 0.3) is 0 Å². The standard InChI is InChI=1S/C26H24N4O/c1-17-3-2-4-24(28-17)25-12-20(13-26(30-25)29-23-9-10-23)22-11-21(14-27-15-22)19-7-5-18(16-31)6-8-19/h2-8,11-15,23,31H,9-10,16H2,1H3,(H,29,30). The van der Waals surface area contributed by atoms with Crippen molar-refractivity contribution in [3.63, 3.8) is 0 Å². The van der Waals surface area contributed by atoms with E-state index >= 15 is 0 Å². The number of benzene rings is 1. The lowest BCUT2D eigenvalue weighted by Crippen LogP contribution is -2.04. The molecule has 5 rings (SSSR count). The average molecular weight is 409 g/mol. The Balaban J connectivity index is 1.56. The molecule has 3 heterocycles. The molecule has 5 nitrogen and oxygen atoms in total. The first-order chi connectivity index (χ1) is 15.2. The van der Waals surface area contributed by atoms with Gasteiger partial charge in [0.05, 0.1) is 18.0 Å². The summed E-state index contributed by atoms with van der Waals surface area (Å²) in [6.45, 7) is 2.04. The Morgan fingerprint density at radius 3 is 2.32 bits per heavy atom. The molecule has 5 heteroatoms. The van der Waals surface area contributed by atoms with Crippen LogP contribution in [0.3, 0.4) is 0 Å². The van der Waals surface area contributed by atoms with Crippen LogP contribution in [0.1, 0.15) is 24.1 Å². The third-order valence-corrected chi connectivity index (χ3v) is 5.45. The van der Waals surface area contributed by atoms with E-state index in [1.165, 1.54) is 12.8 Å². The van der Waals surface area contributed by atoms with Gasteiger partial charge in [-0.15, -0.1) is 0 Å². The zero-order valence-corrected chi connectivity index (χ0v) is 17.4. The van der Waals surface area contributed by atoms with Crippen molar-refractivity contribution in [1.82, 2.24) is 15.0 Å². The lowest BCUT2D eigenvalue weighted by Gasteiger charge is -2.12. The first-order valence-corrected chi connectivity index (χ1v) is 10.6. The Morgan fingerprint density at radius 2 is 1.61 bits per heavy atom. The van der Waals surface area contributed by atoms with Crippen molar-refractivity contribution >= 4 is 5.82 Å². The van der Waals surface area contributed by atoms with E-state index in [2.05, 4.69) is 33.5 Å². The van der Waals surface area contributed by atoms with Gasteiger partial charge in [-0.3, -0.25) is 9.97 Å². The fourth-order valence-corrected chi connectivity index (χ4v) is 3.58. The summed E-state index contributed by atoms with van der Waals surface area (Å²) >= 11 is 0. The number of anilines is 1. The number of hydrogen-bond donors (Lipinski definition) is 2. The van der Waals surface area contributed by atoms with Gasteiger partial charge in [0.1, 0.15) is 5.82 Å². The molecule has 1 aliphatic rings. The van der Waals surface area contributed by atoms with Crippen LogP contribution >= 0.6 is 0 Å². The van der Waals surface area contributed by atoms with E-state index in [-0.39, 0.29) is 6.61 Å². The van der Waals surface area contributed by atoms with Crippen LogP contribution in [0.4, 0.5) is 5.82 Å². The van der Waals surface area contributed by atoms with Gasteiger partial charge < -0.3 is 10.4 Å². The van der Waals surface area contributed by atoms with Crippen molar-refractivity contribution < 1.29 is 5.11 Å². The minimum absolute atomic E-state index is 0.0438. The molecule has 0 amide bonds. The number of aromatic nitrogens is 3. The molecule has 0 atom stereocenters. The molecule has 4 aromatic rings. The van der Waals surface area contributed by atoms with Crippen molar-refractivity contribution in [1.29, 1.82) is 0 Å². The molecule has 1 aliphatic carbocycles. The maximum absolute atomic E-state index is 9.29. The van der Waals surface area contributed by atoms with Crippen molar-refractivity contribution in [3.05, 3.63) is 84.3 Å². The first-order valence-electron chi connectivity index (χ1n) is 10.6. The minimum atomic E-state index is 0.0438. The Kier molecular flexibility index (Phi) is 5.18. The van der Waals surface area contributed by atoms with E-state index in [1.807, 2.05) is 61.8 Å². The van der Waals surface area contributed by atoms with Crippen LogP contribution in [0.2, 0.25) is 0 Å². The molecule has 0 bridgehead atoms. The zero-order valence-electron chi connectivity index (χ0n) is 17.4. The number of pyridine rings is 3. The molecule has 0 spiro atoms. The molecule has 0 saturated heterocycles. The van der Waals surface area contributed by atoms with Crippen molar-refractivity contribution in [2.24, 2.45) is 0 Å². The van der Waals surface area contributed by atoms with Gasteiger partial charge in [0.15, 0.2) is 0 Å². The highest BCUT2D eigenvalue weighted by Gasteiger charge is 2.22. The number of nitrogens with one attached hydrogen (secondary N) is 1. The summed E-state index contributed by atoms with van der Waals surface area (Å²) in [5, 5.41) is 12.8. The number of aliphatic hydroxyl groups is 1. The van der Waals surface area contributed by atoms with Crippen molar-refractivity contribution in [3.8, 4) is 33.6 Å². The number of nitrogens with zero attached hydrogens (tertiary/aromatic N) is 3. The van der Waals surface area contributed by atoms with Crippen LogP contribution in [0.25, 0.3) is 33.6 Å². The summed E-state index contributed by atoms with van der Waals surface area (Å²) < 4.78 is 0. The predicted molar refractivity (Wildman–Crippen MR) is 123 cm³/mol. The van der Waals surface area contributed by atoms with Gasteiger partial charge >= 0.3 is 0 Å². The molecule has 0 radical (unpaired) electrons. The largest absolute Gasteiger partial charge is 0.392 e. The van der Waals surface area contributed by atoms with E-state index in [9.17, 15) is 5.11 Å². The minimum Gasteiger partial charge on any atom is -0.392 e. The van der Waals surface area contributed by atoms with E-state index in [4.69, 9.17) is 4.98 Å². The molecule has 154 valence electrons. The maximum atomic E-state index is 9.29. The summed E-state index contributed by atoms with van der Waals surface area (Å²) in [6, 6.07) is 20.7. The van der Waals surface area contributed by atoms with Gasteiger partial charge in [-0.25, -0.2) is 4.98 Å². The van der Waals surface area contributed by atoms with Crippen LogP contribution < -0.4 is 5.32 Å². The molecule has 1 saturated carbocycles. The number of aryl methyl sites for hydroxylation is 1. The SMILES string of the molecule is Cc1cccc(-c2cc(-c3cncc(-c4ccc(CO)cc4)c3)cc(NC3CC3)n2)n1. The quantitative estimate of drug-likeness (QED) is 0.456. The molecule has 0 unspecified atom stereocenters. The highest BCUT2D eigenvalue weighted by Crippen LogP contribution is 2.32. The van der Waals surface area contributed by atoms with Gasteiger partial charge in [0, 0.05) is 35.3 Å². The van der Waals surface area contributed by atoms with Gasteiger partial charge in [-0.05, 0) is 66.8 Å². The zero-order chi connectivity index (χ0) is 21.2. The number of rotatable bonds is 6. The Bertz CT molecular complexity index is 1220. The molecule has 2 N–H and O–H groups in total. The second-order valence-electron chi connectivity index (χ2n) is 8.03. The summed E-state index contributed by atoms with van der Waals surface area (Å²) in [5.41, 5.74) is 7.76. The fourth-order valence-electron chi connectivity index (χ4n) is 3.58. The van der Waals surface area contributed by atoms with Gasteiger partial charge in [-0.1, -0.05) is 30.3 Å². The number of aliphatic hydroxyl groups excluding tert-OH is 1. The normalized spacial score (nSPS) is 13.2. The van der Waals surface area contributed by atoms with Gasteiger partial charge in [-0.2, -0.15) is 0 Å². The molecule has 0 aliphatic heterocycles. The first kappa shape index (κ1) is 19.4. The number of hydrogen-bond acceptors (Lipinski definition) is 5. The van der Waals surface area contributed by atoms with Crippen LogP contribution in [-0.4, -0.2) is 26.1 Å². The van der Waals surface area contributed by atoms with Crippen LogP contribution in [0, 0.1) is 6.92 Å². The summed E-state index contributed by atoms with van der Waals surface area (Å²) in [5.74, 6) is 0.871. The monoisotopic (exact) mass is 408 g/mol. The van der Waals surface area contributed by atoms with E-state index in [0.717, 1.165) is 50.7 Å². The predicted octanol–water partition coefficient (Wildman–Crippen LogP) is 5.25. The maximum Gasteiger partial charge on any atom is 0.127 e. The third kappa shape index (κ3) is 4.47. The third-order valence-electron chi connectivity index (χ3n) is 5.45. The van der Waals surface area contributed by atoms with E-state index in [1.54, 1.807) is 0 Å². The fraction of sp³-hybridized carbons (Fsp3) is 0.192. The van der Waals surface area contributed by atoms with Crippen LogP contribution in [0.15, 0.2) is 73.1 Å². The molecule has 1 aromatic carbocycles. The van der Waals surface area contributed by atoms with E-state index < -0.39 is 0 Å². The Morgan fingerprint density at radius 1 is 0.839 bits per heavy atom. The second kappa shape index (κ2) is 8.28. The van der Waals surface area contributed by atoms with E-state index in [0.29, 0.717) is 6.04 Å². The highest BCUT2D eigenvalue weighted by molar-refractivity contribution is 5.76. The lowest BCUT2D eigenvalue weighted by atomic mass is 10.0. The Labute approximate surface area is 181 Å². The highest BCUT2D eigenvalue weighted by atomic mass is 16.3. The average Bonchev–Trinajstić information content (AvgIpc) is 3.63. The topological polar surface area (TPSA) is 70.9 Å². The summed E-state index contributed by atoms with van der Waals surface area (Å²) in [6.07, 6.45) is 6.12. The molecular weight excluding hydrogens is 384 g/mol. The van der Waals surface area contributed by atoms with Gasteiger partial charge in [0.2, 0.25) is 0 Å². The lowest BCUT2D eigenvalue weighted by molar-refractivity contribution is 0.282. The van der Waals surface area contributed by atoms with Crippen molar-refractivity contribution in [2.45, 2.75) is 32.4 Å². The molecule has 3 aromatic heterocycles. The smallest absolute Gasteiger partial charge is 0.127 e. The van der Waals surface area contributed by atoms with Crippen LogP contribution in [-0.2, 0) is 6.61 Å². The molecular formula is C26H24N4O. The molecule has 31 heavy (non-hydrogen) atoms. The van der Waals surface area contributed by atoms with Crippen molar-refractivity contribution in [2.75, 3.05) is 5.32 Å². The molecule has 1 fully saturated rings. The summed E-state index contributed by atoms with van der Waals surface area (Å²) in [7, 11) is 0.